The predicted molar refractivity (Wildman–Crippen MR) is 84.2 cm³/mol. The number of pyridine rings is 1. The van der Waals surface area contributed by atoms with Crippen LogP contribution in [-0.2, 0) is 13.0 Å². The largest absolute Gasteiger partial charge is 0.497 e. The average Bonchev–Trinajstić information content (AvgIpc) is 2.54. The molecule has 0 atom stereocenters. The predicted octanol–water partition coefficient (Wildman–Crippen LogP) is 2.70. The lowest BCUT2D eigenvalue weighted by Crippen LogP contribution is -2.33. The second-order valence-corrected chi connectivity index (χ2v) is 5.19. The Morgan fingerprint density at radius 1 is 1.14 bits per heavy atom. The fourth-order valence-corrected chi connectivity index (χ4v) is 2.49. The van der Waals surface area contributed by atoms with E-state index in [1.165, 1.54) is 5.56 Å². The number of aromatic nitrogens is 1. The highest BCUT2D eigenvalue weighted by Crippen LogP contribution is 2.22. The maximum absolute atomic E-state index is 11.8. The third-order valence-corrected chi connectivity index (χ3v) is 3.76. The Morgan fingerprint density at radius 3 is 2.59 bits per heavy atom. The van der Waals surface area contributed by atoms with Crippen molar-refractivity contribution in [2.45, 2.75) is 19.9 Å². The number of rotatable bonds is 4. The van der Waals surface area contributed by atoms with E-state index in [-0.39, 0.29) is 5.63 Å². The summed E-state index contributed by atoms with van der Waals surface area (Å²) in [7, 11) is 1.59. The van der Waals surface area contributed by atoms with Crippen molar-refractivity contribution in [1.29, 1.82) is 0 Å². The standard InChI is InChI=1S/C18H18NO3/c1-3-13-6-8-19(9-7-13)12-14-10-18(20)22-17-11-15(21-2)4-5-16(14)17/h4-11H,3,12H2,1-2H3/q+1. The summed E-state index contributed by atoms with van der Waals surface area (Å²) >= 11 is 0. The monoisotopic (exact) mass is 296 g/mol. The molecule has 0 aliphatic rings. The Balaban J connectivity index is 2.03. The number of methoxy groups -OCH3 is 1. The fraction of sp³-hybridized carbons (Fsp3) is 0.222. The van der Waals surface area contributed by atoms with E-state index in [1.54, 1.807) is 19.2 Å². The maximum atomic E-state index is 11.8. The van der Waals surface area contributed by atoms with Gasteiger partial charge in [-0.15, -0.1) is 0 Å². The molecule has 3 rings (SSSR count). The average molecular weight is 296 g/mol. The van der Waals surface area contributed by atoms with Crippen molar-refractivity contribution in [3.05, 3.63) is 70.3 Å². The Bertz CT molecular complexity index is 850. The highest BCUT2D eigenvalue weighted by molar-refractivity contribution is 5.81. The van der Waals surface area contributed by atoms with Crippen molar-refractivity contribution < 1.29 is 13.7 Å². The van der Waals surface area contributed by atoms with Crippen LogP contribution in [0.2, 0.25) is 0 Å². The molecule has 0 spiro atoms. The number of aryl methyl sites for hydroxylation is 1. The highest BCUT2D eigenvalue weighted by atomic mass is 16.5. The summed E-state index contributed by atoms with van der Waals surface area (Å²) in [4.78, 5) is 11.8. The van der Waals surface area contributed by atoms with Crippen molar-refractivity contribution in [3.8, 4) is 5.75 Å². The Kier molecular flexibility index (Phi) is 3.92. The van der Waals surface area contributed by atoms with Gasteiger partial charge in [-0.25, -0.2) is 9.36 Å². The number of ether oxygens (including phenoxy) is 1. The molecule has 1 aromatic carbocycles. The Labute approximate surface area is 128 Å². The van der Waals surface area contributed by atoms with E-state index in [9.17, 15) is 4.79 Å². The lowest BCUT2D eigenvalue weighted by molar-refractivity contribution is -0.688. The van der Waals surface area contributed by atoms with Crippen LogP contribution >= 0.6 is 0 Å². The summed E-state index contributed by atoms with van der Waals surface area (Å²) in [6.45, 7) is 2.75. The number of benzene rings is 1. The van der Waals surface area contributed by atoms with Gasteiger partial charge in [-0.05, 0) is 24.1 Å². The van der Waals surface area contributed by atoms with Crippen LogP contribution in [0.3, 0.4) is 0 Å². The number of hydrogen-bond donors (Lipinski definition) is 0. The van der Waals surface area contributed by atoms with Crippen molar-refractivity contribution in [3.63, 3.8) is 0 Å². The van der Waals surface area contributed by atoms with Crippen molar-refractivity contribution >= 4 is 11.0 Å². The third-order valence-electron chi connectivity index (χ3n) is 3.76. The number of nitrogens with zero attached hydrogens (tertiary/aromatic N) is 1. The smallest absolute Gasteiger partial charge is 0.336 e. The molecule has 0 fully saturated rings. The molecule has 3 aromatic rings. The first kappa shape index (κ1) is 14.3. The molecule has 0 radical (unpaired) electrons. The molecule has 2 heterocycles. The van der Waals surface area contributed by atoms with Gasteiger partial charge in [-0.2, -0.15) is 0 Å². The lowest BCUT2D eigenvalue weighted by atomic mass is 10.1. The second kappa shape index (κ2) is 6.02. The Morgan fingerprint density at radius 2 is 1.91 bits per heavy atom. The molecule has 0 unspecified atom stereocenters. The van der Waals surface area contributed by atoms with Crippen LogP contribution in [0.4, 0.5) is 0 Å². The first-order chi connectivity index (χ1) is 10.7. The third kappa shape index (κ3) is 2.86. The Hall–Kier alpha value is -2.62. The summed E-state index contributed by atoms with van der Waals surface area (Å²) in [5.41, 5.74) is 2.43. The minimum absolute atomic E-state index is 0.346. The van der Waals surface area contributed by atoms with Gasteiger partial charge in [0.05, 0.1) is 7.11 Å². The van der Waals surface area contributed by atoms with Crippen molar-refractivity contribution in [2.24, 2.45) is 0 Å². The maximum Gasteiger partial charge on any atom is 0.336 e. The zero-order chi connectivity index (χ0) is 15.5. The number of hydrogen-bond acceptors (Lipinski definition) is 3. The molecule has 0 N–H and O–H groups in total. The molecule has 4 heteroatoms. The summed E-state index contributed by atoms with van der Waals surface area (Å²) in [6.07, 6.45) is 5.07. The molecule has 4 nitrogen and oxygen atoms in total. The van der Waals surface area contributed by atoms with Crippen LogP contribution in [0, 0.1) is 0 Å². The minimum Gasteiger partial charge on any atom is -0.497 e. The normalized spacial score (nSPS) is 10.8. The van der Waals surface area contributed by atoms with E-state index in [1.807, 2.05) is 24.5 Å². The zero-order valence-corrected chi connectivity index (χ0v) is 12.7. The van der Waals surface area contributed by atoms with E-state index in [0.717, 1.165) is 17.4 Å². The molecular formula is C18H18NO3+. The summed E-state index contributed by atoms with van der Waals surface area (Å²) in [6, 6.07) is 11.3. The zero-order valence-electron chi connectivity index (χ0n) is 12.7. The van der Waals surface area contributed by atoms with E-state index < -0.39 is 0 Å². The van der Waals surface area contributed by atoms with Gasteiger partial charge in [-0.1, -0.05) is 6.92 Å². The van der Waals surface area contributed by atoms with Gasteiger partial charge in [0.1, 0.15) is 11.3 Å². The van der Waals surface area contributed by atoms with Crippen LogP contribution in [0.25, 0.3) is 11.0 Å². The highest BCUT2D eigenvalue weighted by Gasteiger charge is 2.11. The van der Waals surface area contributed by atoms with Crippen LogP contribution < -0.4 is 14.9 Å². The van der Waals surface area contributed by atoms with Gasteiger partial charge >= 0.3 is 5.63 Å². The van der Waals surface area contributed by atoms with Crippen LogP contribution in [0.15, 0.2) is 58.0 Å². The second-order valence-electron chi connectivity index (χ2n) is 5.19. The minimum atomic E-state index is -0.346. The first-order valence-corrected chi connectivity index (χ1v) is 7.28. The van der Waals surface area contributed by atoms with E-state index in [4.69, 9.17) is 9.15 Å². The first-order valence-electron chi connectivity index (χ1n) is 7.28. The van der Waals surface area contributed by atoms with Gasteiger partial charge in [-0.3, -0.25) is 0 Å². The molecule has 0 aliphatic heterocycles. The lowest BCUT2D eigenvalue weighted by Gasteiger charge is -2.05. The van der Waals surface area contributed by atoms with Gasteiger partial charge in [0.15, 0.2) is 18.9 Å². The van der Waals surface area contributed by atoms with Crippen molar-refractivity contribution in [1.82, 2.24) is 0 Å². The molecule has 0 bridgehead atoms. The van der Waals surface area contributed by atoms with E-state index in [0.29, 0.717) is 17.9 Å². The van der Waals surface area contributed by atoms with Gasteiger partial charge in [0.25, 0.3) is 0 Å². The summed E-state index contributed by atoms with van der Waals surface area (Å²) < 4.78 is 12.5. The molecule has 0 saturated heterocycles. The number of fused-ring (bicyclic) bond motifs is 1. The molecular weight excluding hydrogens is 278 g/mol. The van der Waals surface area contributed by atoms with Crippen LogP contribution in [-0.4, -0.2) is 7.11 Å². The van der Waals surface area contributed by atoms with Crippen molar-refractivity contribution in [2.75, 3.05) is 7.11 Å². The SMILES string of the molecule is CCc1cc[n+](Cc2cc(=O)oc3cc(OC)ccc23)cc1. The van der Waals surface area contributed by atoms with Gasteiger partial charge < -0.3 is 9.15 Å². The molecule has 2 aromatic heterocycles. The summed E-state index contributed by atoms with van der Waals surface area (Å²) in [5, 5.41) is 0.924. The molecule has 22 heavy (non-hydrogen) atoms. The molecule has 0 aliphatic carbocycles. The van der Waals surface area contributed by atoms with Gasteiger partial charge in [0.2, 0.25) is 0 Å². The molecule has 112 valence electrons. The molecule has 0 saturated carbocycles. The quantitative estimate of drug-likeness (QED) is 0.549. The summed E-state index contributed by atoms with van der Waals surface area (Å²) in [5.74, 6) is 0.674. The fourth-order valence-electron chi connectivity index (χ4n) is 2.49. The van der Waals surface area contributed by atoms with Gasteiger partial charge in [0, 0.05) is 35.2 Å². The van der Waals surface area contributed by atoms with Crippen LogP contribution in [0.1, 0.15) is 18.1 Å². The topological polar surface area (TPSA) is 43.3 Å². The van der Waals surface area contributed by atoms with E-state index in [2.05, 4.69) is 23.6 Å². The van der Waals surface area contributed by atoms with E-state index >= 15 is 0 Å². The molecule has 0 amide bonds. The van der Waals surface area contributed by atoms with Crippen LogP contribution in [0.5, 0.6) is 5.75 Å².